The molecule has 1 aromatic rings. The second kappa shape index (κ2) is 7.46. The summed E-state index contributed by atoms with van der Waals surface area (Å²) in [5, 5.41) is 9.22. The van der Waals surface area contributed by atoms with Crippen LogP contribution in [0.2, 0.25) is 0 Å². The molecule has 0 saturated carbocycles. The van der Waals surface area contributed by atoms with Gasteiger partial charge < -0.3 is 10.0 Å². The van der Waals surface area contributed by atoms with Crippen molar-refractivity contribution in [1.29, 1.82) is 0 Å². The van der Waals surface area contributed by atoms with E-state index >= 15 is 0 Å². The molecule has 19 heavy (non-hydrogen) atoms. The first-order valence-corrected chi connectivity index (χ1v) is 7.32. The largest absolute Gasteiger partial charge is 0.393 e. The molecular formula is C15H25N3O. The van der Waals surface area contributed by atoms with Crippen molar-refractivity contribution in [2.75, 3.05) is 37.6 Å². The van der Waals surface area contributed by atoms with Gasteiger partial charge in [-0.15, -0.1) is 0 Å². The van der Waals surface area contributed by atoms with Gasteiger partial charge in [0.1, 0.15) is 5.82 Å². The minimum atomic E-state index is -0.152. The Morgan fingerprint density at radius 1 is 1.21 bits per heavy atom. The average Bonchev–Trinajstić information content (AvgIpc) is 2.45. The lowest BCUT2D eigenvalue weighted by atomic mass is 10.1. The van der Waals surface area contributed by atoms with Gasteiger partial charge in [-0.1, -0.05) is 6.07 Å². The van der Waals surface area contributed by atoms with Crippen LogP contribution in [0, 0.1) is 0 Å². The lowest BCUT2D eigenvalue weighted by Gasteiger charge is -2.35. The average molecular weight is 263 g/mol. The van der Waals surface area contributed by atoms with E-state index in [1.54, 1.807) is 0 Å². The smallest absolute Gasteiger partial charge is 0.128 e. The van der Waals surface area contributed by atoms with Crippen LogP contribution < -0.4 is 4.90 Å². The van der Waals surface area contributed by atoms with Gasteiger partial charge in [-0.2, -0.15) is 0 Å². The number of piperazine rings is 1. The Hall–Kier alpha value is -1.13. The summed E-state index contributed by atoms with van der Waals surface area (Å²) in [6, 6.07) is 6.09. The van der Waals surface area contributed by atoms with Crippen molar-refractivity contribution in [3.63, 3.8) is 0 Å². The lowest BCUT2D eigenvalue weighted by molar-refractivity contribution is 0.176. The van der Waals surface area contributed by atoms with Crippen molar-refractivity contribution in [1.82, 2.24) is 9.88 Å². The van der Waals surface area contributed by atoms with Gasteiger partial charge in [0.15, 0.2) is 0 Å². The summed E-state index contributed by atoms with van der Waals surface area (Å²) < 4.78 is 0. The fraction of sp³-hybridized carbons (Fsp3) is 0.667. The lowest BCUT2D eigenvalue weighted by Crippen LogP contribution is -2.46. The van der Waals surface area contributed by atoms with E-state index in [9.17, 15) is 5.11 Å². The molecule has 1 saturated heterocycles. The first-order chi connectivity index (χ1) is 9.25. The second-order valence-corrected chi connectivity index (χ2v) is 5.36. The molecule has 106 valence electrons. The van der Waals surface area contributed by atoms with Crippen LogP contribution >= 0.6 is 0 Å². The van der Waals surface area contributed by atoms with Crippen LogP contribution in [0.15, 0.2) is 24.4 Å². The fourth-order valence-corrected chi connectivity index (χ4v) is 2.52. The van der Waals surface area contributed by atoms with Gasteiger partial charge in [-0.05, 0) is 44.9 Å². The fourth-order valence-electron chi connectivity index (χ4n) is 2.52. The molecule has 1 aromatic heterocycles. The topological polar surface area (TPSA) is 39.6 Å². The normalized spacial score (nSPS) is 18.5. The van der Waals surface area contributed by atoms with E-state index in [4.69, 9.17) is 0 Å². The number of aliphatic hydroxyl groups is 1. The zero-order chi connectivity index (χ0) is 13.5. The van der Waals surface area contributed by atoms with Gasteiger partial charge >= 0.3 is 0 Å². The Labute approximate surface area is 116 Å². The maximum Gasteiger partial charge on any atom is 0.128 e. The highest BCUT2D eigenvalue weighted by molar-refractivity contribution is 5.38. The van der Waals surface area contributed by atoms with E-state index in [0.717, 1.165) is 51.4 Å². The highest BCUT2D eigenvalue weighted by Crippen LogP contribution is 2.13. The number of hydrogen-bond donors (Lipinski definition) is 1. The predicted octanol–water partition coefficient (Wildman–Crippen LogP) is 1.75. The zero-order valence-electron chi connectivity index (χ0n) is 11.8. The third kappa shape index (κ3) is 4.80. The Balaban J connectivity index is 1.65. The minimum Gasteiger partial charge on any atom is -0.393 e. The SMILES string of the molecule is CC(O)CCCCN1CCN(c2ccccn2)CC1. The molecule has 0 aliphatic carbocycles. The summed E-state index contributed by atoms with van der Waals surface area (Å²) in [6.07, 6.45) is 4.94. The van der Waals surface area contributed by atoms with Crippen molar-refractivity contribution in [3.8, 4) is 0 Å². The molecule has 1 fully saturated rings. The molecule has 1 atom stereocenters. The molecule has 0 spiro atoms. The van der Waals surface area contributed by atoms with Gasteiger partial charge in [-0.3, -0.25) is 4.90 Å². The van der Waals surface area contributed by atoms with Crippen LogP contribution in [0.1, 0.15) is 26.2 Å². The molecule has 2 heterocycles. The Kier molecular flexibility index (Phi) is 5.61. The summed E-state index contributed by atoms with van der Waals surface area (Å²) in [7, 11) is 0. The van der Waals surface area contributed by atoms with Gasteiger partial charge in [-0.25, -0.2) is 4.98 Å². The van der Waals surface area contributed by atoms with E-state index in [2.05, 4.69) is 20.9 Å². The van der Waals surface area contributed by atoms with Crippen LogP contribution in [-0.4, -0.2) is 53.8 Å². The summed E-state index contributed by atoms with van der Waals surface area (Å²) in [4.78, 5) is 9.27. The molecule has 0 radical (unpaired) electrons. The second-order valence-electron chi connectivity index (χ2n) is 5.36. The molecule has 1 aliphatic heterocycles. The van der Waals surface area contributed by atoms with Crippen molar-refractivity contribution >= 4 is 5.82 Å². The standard InChI is InChI=1S/C15H25N3O/c1-14(19)6-3-5-9-17-10-12-18(13-11-17)15-7-2-4-8-16-15/h2,4,7-8,14,19H,3,5-6,9-13H2,1H3. The molecule has 0 amide bonds. The molecule has 1 unspecified atom stereocenters. The van der Waals surface area contributed by atoms with Crippen LogP contribution in [0.4, 0.5) is 5.82 Å². The Bertz CT molecular complexity index is 348. The molecule has 1 N–H and O–H groups in total. The van der Waals surface area contributed by atoms with Crippen LogP contribution in [0.25, 0.3) is 0 Å². The predicted molar refractivity (Wildman–Crippen MR) is 78.4 cm³/mol. The van der Waals surface area contributed by atoms with Crippen LogP contribution in [0.5, 0.6) is 0 Å². The highest BCUT2D eigenvalue weighted by Gasteiger charge is 2.17. The first-order valence-electron chi connectivity index (χ1n) is 7.32. The number of anilines is 1. The quantitative estimate of drug-likeness (QED) is 0.794. The molecular weight excluding hydrogens is 238 g/mol. The first kappa shape index (κ1) is 14.3. The Morgan fingerprint density at radius 2 is 2.00 bits per heavy atom. The molecule has 2 rings (SSSR count). The van der Waals surface area contributed by atoms with Gasteiger partial charge in [0.05, 0.1) is 6.10 Å². The van der Waals surface area contributed by atoms with Crippen LogP contribution in [-0.2, 0) is 0 Å². The highest BCUT2D eigenvalue weighted by atomic mass is 16.3. The van der Waals surface area contributed by atoms with Gasteiger partial charge in [0.2, 0.25) is 0 Å². The third-order valence-electron chi connectivity index (χ3n) is 3.69. The third-order valence-corrected chi connectivity index (χ3v) is 3.69. The minimum absolute atomic E-state index is 0.152. The van der Waals surface area contributed by atoms with E-state index in [1.807, 2.05) is 25.3 Å². The summed E-state index contributed by atoms with van der Waals surface area (Å²) in [5.41, 5.74) is 0. The van der Waals surface area contributed by atoms with E-state index in [-0.39, 0.29) is 6.10 Å². The van der Waals surface area contributed by atoms with Crippen molar-refractivity contribution in [2.45, 2.75) is 32.3 Å². The van der Waals surface area contributed by atoms with E-state index in [0.29, 0.717) is 0 Å². The molecule has 0 aromatic carbocycles. The van der Waals surface area contributed by atoms with Gasteiger partial charge in [0, 0.05) is 32.4 Å². The Morgan fingerprint density at radius 3 is 2.63 bits per heavy atom. The summed E-state index contributed by atoms with van der Waals surface area (Å²) >= 11 is 0. The monoisotopic (exact) mass is 263 g/mol. The number of rotatable bonds is 6. The maximum atomic E-state index is 9.22. The molecule has 1 aliphatic rings. The van der Waals surface area contributed by atoms with Crippen LogP contribution in [0.3, 0.4) is 0 Å². The maximum absolute atomic E-state index is 9.22. The number of pyridine rings is 1. The van der Waals surface area contributed by atoms with Gasteiger partial charge in [0.25, 0.3) is 0 Å². The number of nitrogens with zero attached hydrogens (tertiary/aromatic N) is 3. The molecule has 4 nitrogen and oxygen atoms in total. The number of aromatic nitrogens is 1. The number of aliphatic hydroxyl groups excluding tert-OH is 1. The molecule has 0 bridgehead atoms. The van der Waals surface area contributed by atoms with E-state index < -0.39 is 0 Å². The number of hydrogen-bond acceptors (Lipinski definition) is 4. The number of unbranched alkanes of at least 4 members (excludes halogenated alkanes) is 1. The molecule has 4 heteroatoms. The van der Waals surface area contributed by atoms with E-state index in [1.165, 1.54) is 6.42 Å². The van der Waals surface area contributed by atoms with Crippen molar-refractivity contribution in [2.24, 2.45) is 0 Å². The zero-order valence-corrected chi connectivity index (χ0v) is 11.8. The van der Waals surface area contributed by atoms with Crippen molar-refractivity contribution in [3.05, 3.63) is 24.4 Å². The summed E-state index contributed by atoms with van der Waals surface area (Å²) in [6.45, 7) is 7.38. The summed E-state index contributed by atoms with van der Waals surface area (Å²) in [5.74, 6) is 1.09. The van der Waals surface area contributed by atoms with Crippen molar-refractivity contribution < 1.29 is 5.11 Å².